The van der Waals surface area contributed by atoms with E-state index in [2.05, 4.69) is 9.97 Å². The average molecular weight is 236 g/mol. The van der Waals surface area contributed by atoms with E-state index >= 15 is 0 Å². The summed E-state index contributed by atoms with van der Waals surface area (Å²) in [7, 11) is 0. The Kier molecular flexibility index (Phi) is 2.97. The molecular formula is C11H16N4O2. The van der Waals surface area contributed by atoms with Crippen molar-refractivity contribution in [2.75, 3.05) is 24.6 Å². The van der Waals surface area contributed by atoms with Gasteiger partial charge < -0.3 is 15.4 Å². The van der Waals surface area contributed by atoms with E-state index in [1.165, 1.54) is 6.33 Å². The van der Waals surface area contributed by atoms with Crippen LogP contribution >= 0.6 is 0 Å². The van der Waals surface area contributed by atoms with E-state index in [1.54, 1.807) is 6.92 Å². The highest BCUT2D eigenvalue weighted by Gasteiger charge is 2.38. The predicted octanol–water partition coefficient (Wildman–Crippen LogP) is -0.134. The first-order valence-corrected chi connectivity index (χ1v) is 5.49. The molecule has 0 aromatic carbocycles. The molecule has 1 aromatic rings. The maximum Gasteiger partial charge on any atom is 0.251 e. The number of rotatable bonds is 2. The third-order valence-corrected chi connectivity index (χ3v) is 2.91. The summed E-state index contributed by atoms with van der Waals surface area (Å²) in [6, 6.07) is 1.88. The number of aromatic nitrogens is 2. The molecule has 0 spiro atoms. The van der Waals surface area contributed by atoms with Crippen LogP contribution in [0.4, 0.5) is 5.82 Å². The van der Waals surface area contributed by atoms with Crippen LogP contribution in [0.3, 0.4) is 0 Å². The molecule has 0 radical (unpaired) electrons. The maximum absolute atomic E-state index is 11.4. The summed E-state index contributed by atoms with van der Waals surface area (Å²) < 4.78 is 5.45. The van der Waals surface area contributed by atoms with E-state index in [0.717, 1.165) is 11.5 Å². The number of morpholine rings is 1. The van der Waals surface area contributed by atoms with Crippen LogP contribution in [-0.2, 0) is 9.53 Å². The molecule has 1 aliphatic heterocycles. The molecule has 17 heavy (non-hydrogen) atoms. The van der Waals surface area contributed by atoms with Gasteiger partial charge in [-0.25, -0.2) is 9.97 Å². The average Bonchev–Trinajstić information content (AvgIpc) is 2.29. The number of carbonyl (C=O) groups is 1. The summed E-state index contributed by atoms with van der Waals surface area (Å²) in [5.41, 5.74) is 5.29. The van der Waals surface area contributed by atoms with Crippen LogP contribution in [-0.4, -0.2) is 41.2 Å². The lowest BCUT2D eigenvalue weighted by Crippen LogP contribution is -2.57. The minimum atomic E-state index is -0.947. The van der Waals surface area contributed by atoms with E-state index < -0.39 is 11.5 Å². The van der Waals surface area contributed by atoms with Gasteiger partial charge in [0.25, 0.3) is 5.91 Å². The number of hydrogen-bond acceptors (Lipinski definition) is 5. The van der Waals surface area contributed by atoms with E-state index in [-0.39, 0.29) is 0 Å². The Balaban J connectivity index is 2.20. The Hall–Kier alpha value is -1.69. The predicted molar refractivity (Wildman–Crippen MR) is 62.5 cm³/mol. The van der Waals surface area contributed by atoms with Gasteiger partial charge in [0.15, 0.2) is 5.60 Å². The lowest BCUT2D eigenvalue weighted by atomic mass is 10.0. The Labute approximate surface area is 99.8 Å². The number of aryl methyl sites for hydroxylation is 1. The summed E-state index contributed by atoms with van der Waals surface area (Å²) >= 11 is 0. The largest absolute Gasteiger partial charge is 0.367 e. The SMILES string of the molecule is Cc1cc(N2CCO[C@](C)(C(N)=O)C2)ncn1. The number of anilines is 1. The molecule has 0 bridgehead atoms. The molecule has 1 atom stereocenters. The maximum atomic E-state index is 11.4. The summed E-state index contributed by atoms with van der Waals surface area (Å²) in [6.45, 7) is 5.18. The molecule has 1 aliphatic rings. The lowest BCUT2D eigenvalue weighted by Gasteiger charge is -2.38. The Morgan fingerprint density at radius 2 is 2.35 bits per heavy atom. The summed E-state index contributed by atoms with van der Waals surface area (Å²) in [5, 5.41) is 0. The zero-order valence-electron chi connectivity index (χ0n) is 10.0. The van der Waals surface area contributed by atoms with Gasteiger partial charge in [0.2, 0.25) is 0 Å². The van der Waals surface area contributed by atoms with Crippen LogP contribution in [0.5, 0.6) is 0 Å². The van der Waals surface area contributed by atoms with Crippen LogP contribution in [0.2, 0.25) is 0 Å². The van der Waals surface area contributed by atoms with Crippen LogP contribution in [0.15, 0.2) is 12.4 Å². The number of primary amides is 1. The molecule has 2 heterocycles. The van der Waals surface area contributed by atoms with Gasteiger partial charge in [-0.1, -0.05) is 0 Å². The first-order chi connectivity index (χ1) is 8.01. The molecule has 1 amide bonds. The third kappa shape index (κ3) is 2.36. The number of carbonyl (C=O) groups excluding carboxylic acids is 1. The van der Waals surface area contributed by atoms with Gasteiger partial charge in [0.1, 0.15) is 12.1 Å². The molecule has 6 nitrogen and oxygen atoms in total. The third-order valence-electron chi connectivity index (χ3n) is 2.91. The van der Waals surface area contributed by atoms with Crippen molar-refractivity contribution in [2.24, 2.45) is 5.73 Å². The van der Waals surface area contributed by atoms with Gasteiger partial charge in [0.05, 0.1) is 13.2 Å². The van der Waals surface area contributed by atoms with Gasteiger partial charge in [-0.15, -0.1) is 0 Å². The van der Waals surface area contributed by atoms with Crippen molar-refractivity contribution in [1.82, 2.24) is 9.97 Å². The van der Waals surface area contributed by atoms with E-state index in [0.29, 0.717) is 19.7 Å². The van der Waals surface area contributed by atoms with Crippen molar-refractivity contribution in [2.45, 2.75) is 19.4 Å². The number of amides is 1. The standard InChI is InChI=1S/C11H16N4O2/c1-8-5-9(14-7-13-8)15-3-4-17-11(2,6-15)10(12)16/h5,7H,3-4,6H2,1-2H3,(H2,12,16)/t11-/m0/s1. The van der Waals surface area contributed by atoms with Gasteiger partial charge >= 0.3 is 0 Å². The molecule has 92 valence electrons. The lowest BCUT2D eigenvalue weighted by molar-refractivity contribution is -0.142. The number of nitrogens with two attached hydrogens (primary N) is 1. The monoisotopic (exact) mass is 236 g/mol. The van der Waals surface area contributed by atoms with E-state index in [1.807, 2.05) is 17.9 Å². The topological polar surface area (TPSA) is 81.3 Å². The number of ether oxygens (including phenoxy) is 1. The van der Waals surface area contributed by atoms with Gasteiger partial charge in [-0.3, -0.25) is 4.79 Å². The summed E-state index contributed by atoms with van der Waals surface area (Å²) in [6.07, 6.45) is 1.52. The van der Waals surface area contributed by atoms with E-state index in [4.69, 9.17) is 10.5 Å². The molecule has 6 heteroatoms. The zero-order valence-corrected chi connectivity index (χ0v) is 10.0. The van der Waals surface area contributed by atoms with Gasteiger partial charge in [0, 0.05) is 18.3 Å². The smallest absolute Gasteiger partial charge is 0.251 e. The second kappa shape index (κ2) is 4.29. The molecule has 2 rings (SSSR count). The minimum Gasteiger partial charge on any atom is -0.367 e. The van der Waals surface area contributed by atoms with Crippen molar-refractivity contribution in [3.8, 4) is 0 Å². The first-order valence-electron chi connectivity index (χ1n) is 5.49. The Bertz CT molecular complexity index is 437. The van der Waals surface area contributed by atoms with Crippen molar-refractivity contribution in [3.05, 3.63) is 18.1 Å². The first kappa shape index (κ1) is 11.8. The number of nitrogens with zero attached hydrogens (tertiary/aromatic N) is 3. The summed E-state index contributed by atoms with van der Waals surface area (Å²) in [5.74, 6) is 0.348. The van der Waals surface area contributed by atoms with Crippen LogP contribution in [0.25, 0.3) is 0 Å². The summed E-state index contributed by atoms with van der Waals surface area (Å²) in [4.78, 5) is 21.6. The van der Waals surface area contributed by atoms with Crippen LogP contribution in [0, 0.1) is 6.92 Å². The minimum absolute atomic E-state index is 0.415. The van der Waals surface area contributed by atoms with E-state index in [9.17, 15) is 4.79 Å². The van der Waals surface area contributed by atoms with Crippen molar-refractivity contribution < 1.29 is 9.53 Å². The normalized spacial score (nSPS) is 24.7. The second-order valence-electron chi connectivity index (χ2n) is 4.38. The zero-order chi connectivity index (χ0) is 12.5. The van der Waals surface area contributed by atoms with Crippen molar-refractivity contribution in [3.63, 3.8) is 0 Å². The van der Waals surface area contributed by atoms with Crippen molar-refractivity contribution in [1.29, 1.82) is 0 Å². The molecule has 2 N–H and O–H groups in total. The molecule has 0 saturated carbocycles. The Morgan fingerprint density at radius 1 is 1.59 bits per heavy atom. The highest BCUT2D eigenvalue weighted by atomic mass is 16.5. The molecule has 1 fully saturated rings. The fourth-order valence-electron chi connectivity index (χ4n) is 1.83. The fraction of sp³-hybridized carbons (Fsp3) is 0.545. The molecule has 1 saturated heterocycles. The fourth-order valence-corrected chi connectivity index (χ4v) is 1.83. The van der Waals surface area contributed by atoms with Gasteiger partial charge in [-0.05, 0) is 13.8 Å². The van der Waals surface area contributed by atoms with Crippen LogP contribution < -0.4 is 10.6 Å². The second-order valence-corrected chi connectivity index (χ2v) is 4.38. The molecule has 1 aromatic heterocycles. The molecule has 0 unspecified atom stereocenters. The van der Waals surface area contributed by atoms with Crippen LogP contribution in [0.1, 0.15) is 12.6 Å². The molecule has 0 aliphatic carbocycles. The highest BCUT2D eigenvalue weighted by Crippen LogP contribution is 2.21. The highest BCUT2D eigenvalue weighted by molar-refractivity contribution is 5.84. The van der Waals surface area contributed by atoms with Crippen molar-refractivity contribution >= 4 is 11.7 Å². The quantitative estimate of drug-likeness (QED) is 0.773. The molecular weight excluding hydrogens is 220 g/mol. The van der Waals surface area contributed by atoms with Gasteiger partial charge in [-0.2, -0.15) is 0 Å². The number of hydrogen-bond donors (Lipinski definition) is 1. The Morgan fingerprint density at radius 3 is 3.00 bits per heavy atom.